The number of hydrogen-bond acceptors (Lipinski definition) is 5. The quantitative estimate of drug-likeness (QED) is 0.380. The second kappa shape index (κ2) is 7.09. The van der Waals surface area contributed by atoms with Crippen LogP contribution in [-0.2, 0) is 0 Å². The first kappa shape index (κ1) is 17.6. The second-order valence-corrected chi connectivity index (χ2v) is 8.59. The molecule has 26 heavy (non-hydrogen) atoms. The number of carbonyl (C=O) groups excluding carboxylic acids is 1. The summed E-state index contributed by atoms with van der Waals surface area (Å²) in [6, 6.07) is 13.1. The number of carbonyl (C=O) groups is 1. The Kier molecular flexibility index (Phi) is 4.81. The summed E-state index contributed by atoms with van der Waals surface area (Å²) in [5, 5.41) is 8.14. The fraction of sp³-hybridized carbons (Fsp3) is 0. The summed E-state index contributed by atoms with van der Waals surface area (Å²) in [7, 11) is 0. The van der Waals surface area contributed by atoms with Crippen molar-refractivity contribution in [2.75, 3.05) is 5.32 Å². The van der Waals surface area contributed by atoms with Crippen LogP contribution >= 0.6 is 58.1 Å². The standard InChI is InChI=1S/C17H9Cl2N3OS3/c18-8-5-6-9-12(7-8)25-14(13(9)19)15(23)21-16(24)22-17-20-10-3-1-2-4-11(10)26-17/h1-7H,(H2,20,21,22,23,24). The van der Waals surface area contributed by atoms with Crippen LogP contribution in [0.3, 0.4) is 0 Å². The summed E-state index contributed by atoms with van der Waals surface area (Å²) >= 11 is 20.3. The van der Waals surface area contributed by atoms with Gasteiger partial charge in [-0.1, -0.05) is 52.7 Å². The molecule has 4 nitrogen and oxygen atoms in total. The van der Waals surface area contributed by atoms with Crippen molar-refractivity contribution >= 4 is 94.5 Å². The van der Waals surface area contributed by atoms with Gasteiger partial charge in [-0.2, -0.15) is 0 Å². The molecule has 130 valence electrons. The van der Waals surface area contributed by atoms with Crippen molar-refractivity contribution < 1.29 is 4.79 Å². The van der Waals surface area contributed by atoms with Crippen LogP contribution in [0, 0.1) is 0 Å². The minimum absolute atomic E-state index is 0.167. The molecular formula is C17H9Cl2N3OS3. The number of nitrogens with zero attached hydrogens (tertiary/aromatic N) is 1. The fourth-order valence-corrected chi connectivity index (χ4v) is 5.21. The molecule has 0 bridgehead atoms. The van der Waals surface area contributed by atoms with Gasteiger partial charge in [0.05, 0.1) is 15.2 Å². The molecule has 0 atom stereocenters. The lowest BCUT2D eigenvalue weighted by atomic mass is 10.2. The first-order chi connectivity index (χ1) is 12.5. The molecule has 2 aromatic carbocycles. The number of para-hydroxylation sites is 1. The van der Waals surface area contributed by atoms with Gasteiger partial charge in [-0.05, 0) is 36.5 Å². The molecule has 2 aromatic heterocycles. The summed E-state index contributed by atoms with van der Waals surface area (Å²) in [5.74, 6) is -0.370. The van der Waals surface area contributed by atoms with Gasteiger partial charge in [0.15, 0.2) is 10.2 Å². The zero-order chi connectivity index (χ0) is 18.3. The van der Waals surface area contributed by atoms with Gasteiger partial charge in [-0.25, -0.2) is 4.98 Å². The molecule has 0 aliphatic rings. The Morgan fingerprint density at radius 1 is 1.08 bits per heavy atom. The Morgan fingerprint density at radius 2 is 1.88 bits per heavy atom. The van der Waals surface area contributed by atoms with Gasteiger partial charge in [0.1, 0.15) is 4.88 Å². The van der Waals surface area contributed by atoms with Crippen molar-refractivity contribution in [2.24, 2.45) is 0 Å². The van der Waals surface area contributed by atoms with Gasteiger partial charge < -0.3 is 5.32 Å². The lowest BCUT2D eigenvalue weighted by molar-refractivity contribution is 0.0982. The summed E-state index contributed by atoms with van der Waals surface area (Å²) in [6.07, 6.45) is 0. The topological polar surface area (TPSA) is 54.0 Å². The number of halogens is 2. The predicted molar refractivity (Wildman–Crippen MR) is 115 cm³/mol. The van der Waals surface area contributed by atoms with Crippen LogP contribution in [0.4, 0.5) is 5.13 Å². The smallest absolute Gasteiger partial charge is 0.269 e. The summed E-state index contributed by atoms with van der Waals surface area (Å²) < 4.78 is 1.88. The van der Waals surface area contributed by atoms with Gasteiger partial charge >= 0.3 is 0 Å². The monoisotopic (exact) mass is 437 g/mol. The number of rotatable bonds is 2. The van der Waals surface area contributed by atoms with Crippen molar-refractivity contribution in [1.29, 1.82) is 0 Å². The van der Waals surface area contributed by atoms with E-state index < -0.39 is 0 Å². The zero-order valence-electron chi connectivity index (χ0n) is 12.9. The van der Waals surface area contributed by atoms with Gasteiger partial charge in [-0.15, -0.1) is 11.3 Å². The third kappa shape index (κ3) is 3.41. The maximum Gasteiger partial charge on any atom is 0.269 e. The van der Waals surface area contributed by atoms with E-state index in [1.807, 2.05) is 24.3 Å². The van der Waals surface area contributed by atoms with Crippen LogP contribution in [0.15, 0.2) is 42.5 Å². The number of hydrogen-bond donors (Lipinski definition) is 2. The number of thiophene rings is 1. The van der Waals surface area contributed by atoms with Crippen LogP contribution < -0.4 is 10.6 Å². The molecule has 0 saturated carbocycles. The van der Waals surface area contributed by atoms with Gasteiger partial charge in [0, 0.05) is 15.1 Å². The maximum atomic E-state index is 12.5. The van der Waals surface area contributed by atoms with Crippen LogP contribution in [0.2, 0.25) is 10.0 Å². The Labute approximate surface area is 171 Å². The second-order valence-electron chi connectivity index (χ2n) is 5.28. The average Bonchev–Trinajstić information content (AvgIpc) is 3.14. The molecule has 9 heteroatoms. The highest BCUT2D eigenvalue weighted by molar-refractivity contribution is 7.80. The Bertz CT molecular complexity index is 1140. The van der Waals surface area contributed by atoms with Gasteiger partial charge in [0.2, 0.25) is 0 Å². The van der Waals surface area contributed by atoms with Crippen molar-refractivity contribution in [3.63, 3.8) is 0 Å². The Balaban J connectivity index is 1.52. The van der Waals surface area contributed by atoms with Crippen LogP contribution in [-0.4, -0.2) is 16.0 Å². The first-order valence-corrected chi connectivity index (χ1v) is 10.2. The first-order valence-electron chi connectivity index (χ1n) is 7.37. The number of fused-ring (bicyclic) bond motifs is 2. The van der Waals surface area contributed by atoms with Crippen LogP contribution in [0.5, 0.6) is 0 Å². The van der Waals surface area contributed by atoms with Gasteiger partial charge in [0.25, 0.3) is 5.91 Å². The Hall–Kier alpha value is -1.77. The molecule has 0 fully saturated rings. The van der Waals surface area contributed by atoms with E-state index in [4.69, 9.17) is 35.4 Å². The van der Waals surface area contributed by atoms with E-state index >= 15 is 0 Å². The van der Waals surface area contributed by atoms with E-state index in [1.165, 1.54) is 22.7 Å². The number of aromatic nitrogens is 1. The summed E-state index contributed by atoms with van der Waals surface area (Å²) in [5.41, 5.74) is 0.874. The van der Waals surface area contributed by atoms with Crippen molar-refractivity contribution in [3.8, 4) is 0 Å². The molecule has 0 aliphatic carbocycles. The lowest BCUT2D eigenvalue weighted by Crippen LogP contribution is -2.33. The van der Waals surface area contributed by atoms with E-state index in [9.17, 15) is 4.79 Å². The maximum absolute atomic E-state index is 12.5. The molecule has 0 spiro atoms. The van der Waals surface area contributed by atoms with Crippen molar-refractivity contribution in [3.05, 3.63) is 57.4 Å². The molecule has 4 aromatic rings. The van der Waals surface area contributed by atoms with E-state index in [0.29, 0.717) is 20.1 Å². The molecule has 0 aliphatic heterocycles. The minimum atomic E-state index is -0.370. The highest BCUT2D eigenvalue weighted by Crippen LogP contribution is 2.36. The fourth-order valence-electron chi connectivity index (χ4n) is 2.40. The highest BCUT2D eigenvalue weighted by Gasteiger charge is 2.18. The average molecular weight is 438 g/mol. The number of benzene rings is 2. The van der Waals surface area contributed by atoms with Crippen LogP contribution in [0.1, 0.15) is 9.67 Å². The molecule has 0 radical (unpaired) electrons. The van der Waals surface area contributed by atoms with E-state index in [0.717, 1.165) is 20.3 Å². The molecule has 1 amide bonds. The summed E-state index contributed by atoms with van der Waals surface area (Å²) in [4.78, 5) is 17.3. The normalized spacial score (nSPS) is 11.0. The highest BCUT2D eigenvalue weighted by atomic mass is 35.5. The minimum Gasteiger partial charge on any atom is -0.308 e. The SMILES string of the molecule is O=C(NC(=S)Nc1nc2ccccc2s1)c1sc2cc(Cl)ccc2c1Cl. The number of thiazole rings is 1. The zero-order valence-corrected chi connectivity index (χ0v) is 16.8. The van der Waals surface area contributed by atoms with E-state index in [2.05, 4.69) is 15.6 Å². The number of nitrogens with one attached hydrogen (secondary N) is 2. The molecular weight excluding hydrogens is 429 g/mol. The summed E-state index contributed by atoms with van der Waals surface area (Å²) in [6.45, 7) is 0. The Morgan fingerprint density at radius 3 is 2.69 bits per heavy atom. The van der Waals surface area contributed by atoms with Crippen LogP contribution in [0.25, 0.3) is 20.3 Å². The largest absolute Gasteiger partial charge is 0.308 e. The van der Waals surface area contributed by atoms with Crippen molar-refractivity contribution in [1.82, 2.24) is 10.3 Å². The third-order valence-corrected chi connectivity index (χ3v) is 6.59. The predicted octanol–water partition coefficient (Wildman–Crippen LogP) is 5.94. The number of anilines is 1. The lowest BCUT2D eigenvalue weighted by Gasteiger charge is -2.06. The molecule has 4 rings (SSSR count). The molecule has 2 heterocycles. The van der Waals surface area contributed by atoms with E-state index in [-0.39, 0.29) is 11.0 Å². The van der Waals surface area contributed by atoms with Gasteiger partial charge in [-0.3, -0.25) is 10.1 Å². The van der Waals surface area contributed by atoms with E-state index in [1.54, 1.807) is 18.2 Å². The number of thiocarbonyl (C=S) groups is 1. The number of amides is 1. The molecule has 0 saturated heterocycles. The van der Waals surface area contributed by atoms with Crippen molar-refractivity contribution in [2.45, 2.75) is 0 Å². The third-order valence-electron chi connectivity index (χ3n) is 3.54. The molecule has 2 N–H and O–H groups in total. The molecule has 0 unspecified atom stereocenters.